The van der Waals surface area contributed by atoms with Crippen molar-refractivity contribution in [3.05, 3.63) is 69.6 Å². The third-order valence-electron chi connectivity index (χ3n) is 7.15. The maximum atomic E-state index is 12.9. The second kappa shape index (κ2) is 12.7. The Hall–Kier alpha value is -3.72. The van der Waals surface area contributed by atoms with Crippen LogP contribution in [0.2, 0.25) is 0 Å². The molecular formula is C29H37N5O4. The summed E-state index contributed by atoms with van der Waals surface area (Å²) in [7, 11) is 0. The van der Waals surface area contributed by atoms with Gasteiger partial charge in [-0.3, -0.25) is 19.3 Å². The lowest BCUT2D eigenvalue weighted by Gasteiger charge is -2.37. The topological polar surface area (TPSA) is 96.8 Å². The summed E-state index contributed by atoms with van der Waals surface area (Å²) >= 11 is 0. The molecule has 1 N–H and O–H groups in total. The van der Waals surface area contributed by atoms with E-state index in [1.807, 2.05) is 0 Å². The van der Waals surface area contributed by atoms with Gasteiger partial charge in [0.15, 0.2) is 0 Å². The van der Waals surface area contributed by atoms with Crippen molar-refractivity contribution in [2.75, 3.05) is 44.2 Å². The van der Waals surface area contributed by atoms with Crippen molar-refractivity contribution >= 4 is 28.3 Å². The number of carbonyl (C=O) groups excluding carboxylic acids is 2. The average molecular weight is 520 g/mol. The van der Waals surface area contributed by atoms with Crippen LogP contribution < -0.4 is 15.8 Å². The minimum absolute atomic E-state index is 0.0424. The number of benzene rings is 2. The number of nitrogens with zero attached hydrogens (tertiary/aromatic N) is 4. The van der Waals surface area contributed by atoms with Gasteiger partial charge in [0.2, 0.25) is 5.91 Å². The van der Waals surface area contributed by atoms with Crippen molar-refractivity contribution in [3.63, 3.8) is 0 Å². The average Bonchev–Trinajstić information content (AvgIpc) is 2.92. The molecule has 0 atom stereocenters. The van der Waals surface area contributed by atoms with Gasteiger partial charge in [-0.2, -0.15) is 5.10 Å². The Morgan fingerprint density at radius 1 is 1.00 bits per heavy atom. The number of rotatable bonds is 10. The number of piperazine rings is 1. The van der Waals surface area contributed by atoms with E-state index in [2.05, 4.69) is 52.3 Å². The molecule has 0 radical (unpaired) electrons. The van der Waals surface area contributed by atoms with Crippen molar-refractivity contribution in [3.8, 4) is 0 Å². The maximum Gasteiger partial charge on any atom is 0.311 e. The molecule has 1 aliphatic heterocycles. The van der Waals surface area contributed by atoms with Crippen LogP contribution in [0.1, 0.15) is 36.6 Å². The van der Waals surface area contributed by atoms with Gasteiger partial charge in [0.05, 0.1) is 24.1 Å². The summed E-state index contributed by atoms with van der Waals surface area (Å²) in [6.45, 7) is 11.0. The second-order valence-corrected chi connectivity index (χ2v) is 9.69. The van der Waals surface area contributed by atoms with Gasteiger partial charge in [-0.1, -0.05) is 30.3 Å². The Morgan fingerprint density at radius 2 is 1.74 bits per heavy atom. The highest BCUT2D eigenvalue weighted by Gasteiger charge is 2.19. The lowest BCUT2D eigenvalue weighted by molar-refractivity contribution is -0.142. The van der Waals surface area contributed by atoms with Crippen LogP contribution in [0.25, 0.3) is 10.8 Å². The van der Waals surface area contributed by atoms with Crippen molar-refractivity contribution < 1.29 is 14.3 Å². The second-order valence-electron chi connectivity index (χ2n) is 9.69. The van der Waals surface area contributed by atoms with E-state index in [4.69, 9.17) is 4.74 Å². The van der Waals surface area contributed by atoms with E-state index in [9.17, 15) is 14.4 Å². The number of fused-ring (bicyclic) bond motifs is 1. The fourth-order valence-electron chi connectivity index (χ4n) is 4.90. The predicted molar refractivity (Wildman–Crippen MR) is 148 cm³/mol. The molecule has 1 aliphatic rings. The molecular weight excluding hydrogens is 482 g/mol. The van der Waals surface area contributed by atoms with Gasteiger partial charge in [0.25, 0.3) is 5.56 Å². The molecule has 38 heavy (non-hydrogen) atoms. The van der Waals surface area contributed by atoms with E-state index >= 15 is 0 Å². The van der Waals surface area contributed by atoms with E-state index in [0.717, 1.165) is 39.1 Å². The largest absolute Gasteiger partial charge is 0.466 e. The fourth-order valence-corrected chi connectivity index (χ4v) is 4.90. The number of esters is 1. The number of aryl methyl sites for hydroxylation is 1. The molecule has 0 saturated carbocycles. The molecule has 0 unspecified atom stereocenters. The number of hydrogen-bond acceptors (Lipinski definition) is 7. The number of nitrogens with one attached hydrogen (secondary N) is 1. The molecule has 202 valence electrons. The van der Waals surface area contributed by atoms with Gasteiger partial charge in [-0.05, 0) is 57.0 Å². The van der Waals surface area contributed by atoms with Gasteiger partial charge >= 0.3 is 5.97 Å². The quantitative estimate of drug-likeness (QED) is 0.412. The maximum absolute atomic E-state index is 12.9. The van der Waals surface area contributed by atoms with Crippen LogP contribution in [-0.2, 0) is 27.4 Å². The van der Waals surface area contributed by atoms with Crippen LogP contribution >= 0.6 is 0 Å². The Kier molecular flexibility index (Phi) is 9.12. The van der Waals surface area contributed by atoms with E-state index in [-0.39, 0.29) is 31.2 Å². The summed E-state index contributed by atoms with van der Waals surface area (Å²) in [6, 6.07) is 13.5. The van der Waals surface area contributed by atoms with Crippen molar-refractivity contribution in [1.82, 2.24) is 20.0 Å². The monoisotopic (exact) mass is 519 g/mol. The molecule has 1 fully saturated rings. The normalized spacial score (nSPS) is 14.0. The molecule has 2 heterocycles. The number of aromatic nitrogens is 2. The Bertz CT molecular complexity index is 1340. The molecule has 1 saturated heterocycles. The number of ether oxygens (including phenoxy) is 1. The first-order valence-electron chi connectivity index (χ1n) is 13.3. The number of amides is 1. The van der Waals surface area contributed by atoms with E-state index < -0.39 is 5.97 Å². The molecule has 1 aromatic heterocycles. The fraction of sp³-hybridized carbons (Fsp3) is 0.448. The van der Waals surface area contributed by atoms with Gasteiger partial charge < -0.3 is 15.0 Å². The van der Waals surface area contributed by atoms with Crippen LogP contribution in [0.5, 0.6) is 0 Å². The van der Waals surface area contributed by atoms with Crippen molar-refractivity contribution in [2.45, 2.75) is 46.7 Å². The van der Waals surface area contributed by atoms with E-state index in [1.165, 1.54) is 21.5 Å². The summed E-state index contributed by atoms with van der Waals surface area (Å²) in [5.74, 6) is -0.540. The zero-order valence-corrected chi connectivity index (χ0v) is 22.5. The Balaban J connectivity index is 1.27. The molecule has 9 nitrogen and oxygen atoms in total. The van der Waals surface area contributed by atoms with E-state index in [0.29, 0.717) is 22.9 Å². The standard InChI is InChI=1S/C29H37N5O4/c1-4-38-28(36)19-25-23-10-5-6-11-24(23)29(37)34(31-25)20-30-27(35)13-8-14-32-15-17-33(18-16-32)26-12-7-9-21(2)22(26)3/h5-7,9-12H,4,8,13-20H2,1-3H3,(H,30,35). The highest BCUT2D eigenvalue weighted by molar-refractivity contribution is 5.87. The summed E-state index contributed by atoms with van der Waals surface area (Å²) < 4.78 is 6.26. The van der Waals surface area contributed by atoms with Crippen LogP contribution in [0.3, 0.4) is 0 Å². The summed E-state index contributed by atoms with van der Waals surface area (Å²) in [5.41, 5.74) is 4.10. The molecule has 0 bridgehead atoms. The summed E-state index contributed by atoms with van der Waals surface area (Å²) in [5, 5.41) is 8.25. The third kappa shape index (κ3) is 6.58. The number of carbonyl (C=O) groups is 2. The SMILES string of the molecule is CCOC(=O)Cc1nn(CNC(=O)CCCN2CCN(c3cccc(C)c3C)CC2)c(=O)c2ccccc12. The molecule has 1 amide bonds. The minimum atomic E-state index is -0.408. The molecule has 3 aromatic rings. The van der Waals surface area contributed by atoms with Crippen LogP contribution in [0.15, 0.2) is 47.3 Å². The first kappa shape index (κ1) is 27.3. The molecule has 0 spiro atoms. The number of hydrogen-bond donors (Lipinski definition) is 1. The zero-order chi connectivity index (χ0) is 27.1. The first-order chi connectivity index (χ1) is 18.4. The number of anilines is 1. The predicted octanol–water partition coefficient (Wildman–Crippen LogP) is 2.80. The zero-order valence-electron chi connectivity index (χ0n) is 22.5. The van der Waals surface area contributed by atoms with Crippen LogP contribution in [0, 0.1) is 13.8 Å². The minimum Gasteiger partial charge on any atom is -0.466 e. The highest BCUT2D eigenvalue weighted by Crippen LogP contribution is 2.24. The molecule has 0 aliphatic carbocycles. The van der Waals surface area contributed by atoms with Gasteiger partial charge in [0, 0.05) is 43.7 Å². The van der Waals surface area contributed by atoms with Gasteiger partial charge in [-0.25, -0.2) is 4.68 Å². The smallest absolute Gasteiger partial charge is 0.311 e. The van der Waals surface area contributed by atoms with Crippen LogP contribution in [0.4, 0.5) is 5.69 Å². The molecule has 2 aromatic carbocycles. The van der Waals surface area contributed by atoms with Crippen LogP contribution in [-0.4, -0.2) is 65.9 Å². The lowest BCUT2D eigenvalue weighted by atomic mass is 10.1. The Morgan fingerprint density at radius 3 is 2.47 bits per heavy atom. The molecule has 9 heteroatoms. The van der Waals surface area contributed by atoms with Gasteiger partial charge in [0.1, 0.15) is 6.67 Å². The van der Waals surface area contributed by atoms with Crippen molar-refractivity contribution in [2.24, 2.45) is 0 Å². The summed E-state index contributed by atoms with van der Waals surface area (Å²) in [4.78, 5) is 42.3. The first-order valence-corrected chi connectivity index (χ1v) is 13.3. The summed E-state index contributed by atoms with van der Waals surface area (Å²) in [6.07, 6.45) is 1.07. The highest BCUT2D eigenvalue weighted by atomic mass is 16.5. The molecule has 4 rings (SSSR count). The van der Waals surface area contributed by atoms with Crippen molar-refractivity contribution in [1.29, 1.82) is 0 Å². The van der Waals surface area contributed by atoms with E-state index in [1.54, 1.807) is 31.2 Å². The van der Waals surface area contributed by atoms with Gasteiger partial charge in [-0.15, -0.1) is 0 Å². The lowest BCUT2D eigenvalue weighted by Crippen LogP contribution is -2.47. The Labute approximate surface area is 223 Å². The third-order valence-corrected chi connectivity index (χ3v) is 7.15.